The highest BCUT2D eigenvalue weighted by molar-refractivity contribution is 9.10. The first-order valence-electron chi connectivity index (χ1n) is 6.98. The van der Waals surface area contributed by atoms with Crippen LogP contribution in [-0.4, -0.2) is 35.7 Å². The first-order valence-corrected chi connectivity index (χ1v) is 7.77. The van der Waals surface area contributed by atoms with E-state index in [1.54, 1.807) is 0 Å². The fourth-order valence-corrected chi connectivity index (χ4v) is 3.46. The van der Waals surface area contributed by atoms with Crippen molar-refractivity contribution < 1.29 is 5.11 Å². The molecule has 1 aliphatic rings. The minimum Gasteiger partial charge on any atom is -0.396 e. The summed E-state index contributed by atoms with van der Waals surface area (Å²) in [6.07, 6.45) is 2.12. The van der Waals surface area contributed by atoms with E-state index in [1.165, 1.54) is 5.56 Å². The third-order valence-corrected chi connectivity index (χ3v) is 4.74. The van der Waals surface area contributed by atoms with Gasteiger partial charge >= 0.3 is 0 Å². The SMILES string of the molecule is CC(N)C(c1ccccc1Br)N1CCC(CO)CC1. The van der Waals surface area contributed by atoms with Gasteiger partial charge in [-0.25, -0.2) is 0 Å². The lowest BCUT2D eigenvalue weighted by atomic mass is 9.92. The quantitative estimate of drug-likeness (QED) is 0.893. The van der Waals surface area contributed by atoms with E-state index in [0.29, 0.717) is 12.5 Å². The fraction of sp³-hybridized carbons (Fsp3) is 0.600. The van der Waals surface area contributed by atoms with Crippen LogP contribution in [0.15, 0.2) is 28.7 Å². The van der Waals surface area contributed by atoms with Gasteiger partial charge in [0.25, 0.3) is 0 Å². The number of benzene rings is 1. The lowest BCUT2D eigenvalue weighted by molar-refractivity contribution is 0.0912. The first-order chi connectivity index (χ1) is 9.13. The number of nitrogens with zero attached hydrogens (tertiary/aromatic N) is 1. The molecule has 19 heavy (non-hydrogen) atoms. The monoisotopic (exact) mass is 326 g/mol. The Balaban J connectivity index is 2.16. The number of aliphatic hydroxyl groups excluding tert-OH is 1. The van der Waals surface area contributed by atoms with Gasteiger partial charge in [-0.2, -0.15) is 0 Å². The number of nitrogens with two attached hydrogens (primary N) is 1. The van der Waals surface area contributed by atoms with Gasteiger partial charge in [-0.15, -0.1) is 0 Å². The third-order valence-electron chi connectivity index (χ3n) is 4.02. The molecular formula is C15H23BrN2O. The predicted molar refractivity (Wildman–Crippen MR) is 81.9 cm³/mol. The van der Waals surface area contributed by atoms with E-state index in [4.69, 9.17) is 5.73 Å². The number of likely N-dealkylation sites (tertiary alicyclic amines) is 1. The molecule has 3 nitrogen and oxygen atoms in total. The Morgan fingerprint density at radius 1 is 1.37 bits per heavy atom. The number of rotatable bonds is 4. The van der Waals surface area contributed by atoms with Crippen LogP contribution in [0.5, 0.6) is 0 Å². The Labute approximate surface area is 123 Å². The van der Waals surface area contributed by atoms with Crippen LogP contribution in [-0.2, 0) is 0 Å². The molecule has 0 spiro atoms. The van der Waals surface area contributed by atoms with E-state index < -0.39 is 0 Å². The Morgan fingerprint density at radius 3 is 2.53 bits per heavy atom. The van der Waals surface area contributed by atoms with Crippen LogP contribution < -0.4 is 5.73 Å². The molecule has 1 fully saturated rings. The van der Waals surface area contributed by atoms with Crippen LogP contribution in [0.4, 0.5) is 0 Å². The zero-order chi connectivity index (χ0) is 13.8. The van der Waals surface area contributed by atoms with Crippen molar-refractivity contribution in [2.75, 3.05) is 19.7 Å². The summed E-state index contributed by atoms with van der Waals surface area (Å²) in [4.78, 5) is 2.46. The molecule has 2 atom stereocenters. The van der Waals surface area contributed by atoms with Crippen LogP contribution in [0.2, 0.25) is 0 Å². The minimum atomic E-state index is 0.0874. The average Bonchev–Trinajstić information content (AvgIpc) is 2.42. The van der Waals surface area contributed by atoms with Crippen LogP contribution in [0, 0.1) is 5.92 Å². The lowest BCUT2D eigenvalue weighted by Crippen LogP contribution is -2.44. The molecule has 1 saturated heterocycles. The topological polar surface area (TPSA) is 49.5 Å². The highest BCUT2D eigenvalue weighted by atomic mass is 79.9. The van der Waals surface area contributed by atoms with Gasteiger partial charge in [0.05, 0.1) is 6.04 Å². The van der Waals surface area contributed by atoms with Gasteiger partial charge in [-0.1, -0.05) is 34.1 Å². The molecule has 0 saturated carbocycles. The number of hydrogen-bond acceptors (Lipinski definition) is 3. The molecule has 0 bridgehead atoms. The smallest absolute Gasteiger partial charge is 0.0507 e. The molecule has 3 N–H and O–H groups in total. The highest BCUT2D eigenvalue weighted by Gasteiger charge is 2.29. The molecule has 2 unspecified atom stereocenters. The molecule has 1 aromatic carbocycles. The summed E-state index contributed by atoms with van der Waals surface area (Å²) in [6.45, 7) is 4.41. The first kappa shape index (κ1) is 15.0. The van der Waals surface area contributed by atoms with Crippen LogP contribution in [0.1, 0.15) is 31.4 Å². The van der Waals surface area contributed by atoms with E-state index in [1.807, 2.05) is 6.07 Å². The van der Waals surface area contributed by atoms with E-state index >= 15 is 0 Å². The summed E-state index contributed by atoms with van der Waals surface area (Å²) < 4.78 is 1.13. The normalized spacial score (nSPS) is 21.3. The van der Waals surface area contributed by atoms with Gasteiger partial charge in [0.2, 0.25) is 0 Å². The Morgan fingerprint density at radius 2 is 2.00 bits per heavy atom. The summed E-state index contributed by atoms with van der Waals surface area (Å²) in [5, 5.41) is 9.24. The third kappa shape index (κ3) is 3.57. The van der Waals surface area contributed by atoms with Crippen molar-refractivity contribution >= 4 is 15.9 Å². The lowest BCUT2D eigenvalue weighted by Gasteiger charge is -2.39. The van der Waals surface area contributed by atoms with Crippen LogP contribution in [0.25, 0.3) is 0 Å². The van der Waals surface area contributed by atoms with E-state index in [0.717, 1.165) is 30.4 Å². The molecule has 2 rings (SSSR count). The average molecular weight is 327 g/mol. The molecule has 4 heteroatoms. The maximum atomic E-state index is 9.24. The van der Waals surface area contributed by atoms with E-state index in [9.17, 15) is 5.11 Å². The maximum Gasteiger partial charge on any atom is 0.0507 e. The second kappa shape index (κ2) is 6.84. The standard InChI is InChI=1S/C15H23BrN2O/c1-11(17)15(13-4-2-3-5-14(13)16)18-8-6-12(10-19)7-9-18/h2-5,11-12,15,19H,6-10,17H2,1H3. The van der Waals surface area contributed by atoms with Gasteiger partial charge in [0.15, 0.2) is 0 Å². The maximum absolute atomic E-state index is 9.24. The van der Waals surface area contributed by atoms with Gasteiger partial charge < -0.3 is 10.8 Å². The van der Waals surface area contributed by atoms with Crippen molar-refractivity contribution in [1.29, 1.82) is 0 Å². The summed E-state index contributed by atoms with van der Waals surface area (Å²) in [6, 6.07) is 8.65. The number of hydrogen-bond donors (Lipinski definition) is 2. The second-order valence-electron chi connectivity index (χ2n) is 5.49. The summed E-state index contributed by atoms with van der Waals surface area (Å²) in [5.41, 5.74) is 7.49. The van der Waals surface area contributed by atoms with Crippen molar-refractivity contribution in [1.82, 2.24) is 4.90 Å². The molecule has 0 aliphatic carbocycles. The van der Waals surface area contributed by atoms with E-state index in [2.05, 4.69) is 46.0 Å². The summed E-state index contributed by atoms with van der Waals surface area (Å²) in [7, 11) is 0. The molecule has 0 amide bonds. The van der Waals surface area contributed by atoms with E-state index in [-0.39, 0.29) is 12.1 Å². The van der Waals surface area contributed by atoms with Crippen LogP contribution >= 0.6 is 15.9 Å². The minimum absolute atomic E-state index is 0.0874. The zero-order valence-corrected chi connectivity index (χ0v) is 13.0. The van der Waals surface area contributed by atoms with Gasteiger partial charge in [0, 0.05) is 17.1 Å². The zero-order valence-electron chi connectivity index (χ0n) is 11.4. The molecule has 106 valence electrons. The van der Waals surface area contributed by atoms with Crippen molar-refractivity contribution in [3.05, 3.63) is 34.3 Å². The summed E-state index contributed by atoms with van der Waals surface area (Å²) >= 11 is 3.64. The fourth-order valence-electron chi connectivity index (χ4n) is 2.94. The number of halogens is 1. The molecule has 1 aromatic rings. The molecule has 1 heterocycles. The number of piperidine rings is 1. The number of aliphatic hydroxyl groups is 1. The van der Waals surface area contributed by atoms with Crippen molar-refractivity contribution in [2.24, 2.45) is 11.7 Å². The second-order valence-corrected chi connectivity index (χ2v) is 6.34. The van der Waals surface area contributed by atoms with Gasteiger partial charge in [-0.3, -0.25) is 4.90 Å². The predicted octanol–water partition coefficient (Wildman–Crippen LogP) is 2.54. The molecule has 1 aliphatic heterocycles. The van der Waals surface area contributed by atoms with Crippen molar-refractivity contribution in [3.8, 4) is 0 Å². The largest absolute Gasteiger partial charge is 0.396 e. The van der Waals surface area contributed by atoms with Gasteiger partial charge in [-0.05, 0) is 50.4 Å². The van der Waals surface area contributed by atoms with Crippen molar-refractivity contribution in [2.45, 2.75) is 31.8 Å². The highest BCUT2D eigenvalue weighted by Crippen LogP contribution is 2.32. The Hall–Kier alpha value is -0.420. The summed E-state index contributed by atoms with van der Waals surface area (Å²) in [5.74, 6) is 0.462. The Bertz CT molecular complexity index is 403. The molecule has 0 radical (unpaired) electrons. The molecule has 0 aromatic heterocycles. The van der Waals surface area contributed by atoms with Gasteiger partial charge in [0.1, 0.15) is 0 Å². The Kier molecular flexibility index (Phi) is 5.39. The van der Waals surface area contributed by atoms with Crippen LogP contribution in [0.3, 0.4) is 0 Å². The molecular weight excluding hydrogens is 304 g/mol. The van der Waals surface area contributed by atoms with Crippen molar-refractivity contribution in [3.63, 3.8) is 0 Å².